The zero-order valence-electron chi connectivity index (χ0n) is 17.9. The Morgan fingerprint density at radius 3 is 2.55 bits per heavy atom. The predicted octanol–water partition coefficient (Wildman–Crippen LogP) is 3.54. The summed E-state index contributed by atoms with van der Waals surface area (Å²) in [6.07, 6.45) is 3.33. The fraction of sp³-hybridized carbons (Fsp3) is 0.160. The molecule has 0 spiro atoms. The molecule has 0 fully saturated rings. The van der Waals surface area contributed by atoms with E-state index in [1.165, 1.54) is 19.4 Å². The summed E-state index contributed by atoms with van der Waals surface area (Å²) in [5.74, 6) is -0.955. The molecule has 0 saturated carbocycles. The van der Waals surface area contributed by atoms with Crippen molar-refractivity contribution in [2.24, 2.45) is 0 Å². The molecule has 0 aliphatic heterocycles. The molecule has 0 saturated heterocycles. The van der Waals surface area contributed by atoms with Crippen molar-refractivity contribution in [2.75, 3.05) is 13.7 Å². The van der Waals surface area contributed by atoms with Gasteiger partial charge in [0.1, 0.15) is 11.8 Å². The number of esters is 1. The highest BCUT2D eigenvalue weighted by Crippen LogP contribution is 2.20. The van der Waals surface area contributed by atoms with Gasteiger partial charge in [0.05, 0.1) is 13.4 Å². The molecule has 8 nitrogen and oxygen atoms in total. The summed E-state index contributed by atoms with van der Waals surface area (Å²) in [5.41, 5.74) is 2.12. The largest absolute Gasteiger partial charge is 0.497 e. The topological polar surface area (TPSA) is 111 Å². The van der Waals surface area contributed by atoms with E-state index in [9.17, 15) is 14.4 Å². The number of hydrogen-bond acceptors (Lipinski definition) is 6. The molecule has 1 atom stereocenters. The number of para-hydroxylation sites is 1. The summed E-state index contributed by atoms with van der Waals surface area (Å²) in [4.78, 5) is 41.0. The van der Waals surface area contributed by atoms with Crippen LogP contribution in [0.4, 0.5) is 0 Å². The highest BCUT2D eigenvalue weighted by Gasteiger charge is 2.26. The van der Waals surface area contributed by atoms with Crippen LogP contribution in [0.5, 0.6) is 5.75 Å². The number of Topliss-reactive ketones (excluding diaryl/α,β-unsaturated/α-hetero) is 1. The molecule has 8 heteroatoms. The number of benzene rings is 2. The Bertz CT molecular complexity index is 1260. The normalized spacial score (nSPS) is 11.7. The van der Waals surface area contributed by atoms with Crippen LogP contribution in [0.15, 0.2) is 77.5 Å². The first-order chi connectivity index (χ1) is 16.0. The average molecular weight is 446 g/mol. The Labute approximate surface area is 189 Å². The van der Waals surface area contributed by atoms with Gasteiger partial charge in [0.25, 0.3) is 5.91 Å². The van der Waals surface area contributed by atoms with E-state index in [0.29, 0.717) is 11.3 Å². The van der Waals surface area contributed by atoms with Crippen LogP contribution in [0.2, 0.25) is 0 Å². The Morgan fingerprint density at radius 1 is 1.03 bits per heavy atom. The van der Waals surface area contributed by atoms with Crippen LogP contribution in [-0.2, 0) is 16.0 Å². The van der Waals surface area contributed by atoms with Gasteiger partial charge in [0.15, 0.2) is 18.2 Å². The molecule has 1 amide bonds. The molecule has 2 N–H and O–H groups in total. The molecule has 0 aliphatic rings. The van der Waals surface area contributed by atoms with Gasteiger partial charge in [-0.15, -0.1) is 0 Å². The molecule has 4 rings (SSSR count). The molecule has 4 aromatic rings. The highest BCUT2D eigenvalue weighted by molar-refractivity contribution is 5.99. The number of hydrogen-bond donors (Lipinski definition) is 2. The second-order valence-electron chi connectivity index (χ2n) is 7.33. The van der Waals surface area contributed by atoms with Crippen molar-refractivity contribution in [3.63, 3.8) is 0 Å². The summed E-state index contributed by atoms with van der Waals surface area (Å²) in [5, 5.41) is 3.58. The summed E-state index contributed by atoms with van der Waals surface area (Å²) in [6, 6.07) is 16.2. The molecular weight excluding hydrogens is 424 g/mol. The smallest absolute Gasteiger partial charge is 0.329 e. The fourth-order valence-electron chi connectivity index (χ4n) is 3.45. The number of carbonyl (C=O) groups excluding carboxylic acids is 3. The first-order valence-corrected chi connectivity index (χ1v) is 10.3. The van der Waals surface area contributed by atoms with Crippen LogP contribution >= 0.6 is 0 Å². The van der Waals surface area contributed by atoms with Gasteiger partial charge in [0, 0.05) is 29.1 Å². The number of rotatable bonds is 9. The van der Waals surface area contributed by atoms with Gasteiger partial charge in [-0.05, 0) is 48.0 Å². The molecule has 2 heterocycles. The van der Waals surface area contributed by atoms with Gasteiger partial charge < -0.3 is 24.2 Å². The molecule has 2 aromatic carbocycles. The van der Waals surface area contributed by atoms with Crippen molar-refractivity contribution >= 4 is 28.6 Å². The molecule has 168 valence electrons. The SMILES string of the molecule is COc1ccc(C(=O)COC(=O)[C@@H](Cc2c[nH]c3ccccc23)NC(=O)c2ccco2)cc1. The third kappa shape index (κ3) is 5.12. The number of fused-ring (bicyclic) bond motifs is 1. The van der Waals surface area contributed by atoms with E-state index in [1.54, 1.807) is 36.5 Å². The number of amides is 1. The van der Waals surface area contributed by atoms with Gasteiger partial charge in [-0.1, -0.05) is 18.2 Å². The lowest BCUT2D eigenvalue weighted by Crippen LogP contribution is -2.43. The van der Waals surface area contributed by atoms with Gasteiger partial charge in [-0.25, -0.2) is 4.79 Å². The van der Waals surface area contributed by atoms with Gasteiger partial charge in [-0.3, -0.25) is 9.59 Å². The third-order valence-corrected chi connectivity index (χ3v) is 5.19. The number of furan rings is 1. The number of aromatic amines is 1. The Kier molecular flexibility index (Phi) is 6.54. The number of ether oxygens (including phenoxy) is 2. The van der Waals surface area contributed by atoms with Crippen molar-refractivity contribution in [2.45, 2.75) is 12.5 Å². The molecule has 0 radical (unpaired) electrons. The number of aromatic nitrogens is 1. The number of ketones is 1. The maximum absolute atomic E-state index is 12.9. The molecule has 0 bridgehead atoms. The summed E-state index contributed by atoms with van der Waals surface area (Å²) in [6.45, 7) is -0.452. The summed E-state index contributed by atoms with van der Waals surface area (Å²) in [7, 11) is 1.53. The molecular formula is C25H22N2O6. The van der Waals surface area contributed by atoms with E-state index >= 15 is 0 Å². The minimum Gasteiger partial charge on any atom is -0.497 e. The van der Waals surface area contributed by atoms with Crippen molar-refractivity contribution < 1.29 is 28.3 Å². The van der Waals surface area contributed by atoms with E-state index in [-0.39, 0.29) is 18.0 Å². The lowest BCUT2D eigenvalue weighted by Gasteiger charge is -2.17. The summed E-state index contributed by atoms with van der Waals surface area (Å²) >= 11 is 0. The lowest BCUT2D eigenvalue weighted by molar-refractivity contribution is -0.144. The van der Waals surface area contributed by atoms with Gasteiger partial charge in [-0.2, -0.15) is 0 Å². The second kappa shape index (κ2) is 9.86. The van der Waals surface area contributed by atoms with Crippen LogP contribution in [0.3, 0.4) is 0 Å². The predicted molar refractivity (Wildman–Crippen MR) is 120 cm³/mol. The van der Waals surface area contributed by atoms with E-state index in [0.717, 1.165) is 16.5 Å². The van der Waals surface area contributed by atoms with Crippen molar-refractivity contribution in [3.05, 3.63) is 90.0 Å². The molecule has 0 aliphatic carbocycles. The Hall–Kier alpha value is -4.33. The molecule has 33 heavy (non-hydrogen) atoms. The fourth-order valence-corrected chi connectivity index (χ4v) is 3.45. The third-order valence-electron chi connectivity index (χ3n) is 5.19. The maximum atomic E-state index is 12.9. The first-order valence-electron chi connectivity index (χ1n) is 10.3. The molecule has 0 unspecified atom stereocenters. The zero-order valence-corrected chi connectivity index (χ0v) is 17.9. The number of nitrogens with one attached hydrogen (secondary N) is 2. The van der Waals surface area contributed by atoms with Crippen LogP contribution in [-0.4, -0.2) is 42.4 Å². The first kappa shape index (κ1) is 21.9. The van der Waals surface area contributed by atoms with E-state index < -0.39 is 24.5 Å². The number of carbonyl (C=O) groups is 3. The van der Waals surface area contributed by atoms with Crippen LogP contribution in [0.25, 0.3) is 10.9 Å². The second-order valence-corrected chi connectivity index (χ2v) is 7.33. The number of H-pyrrole nitrogens is 1. The summed E-state index contributed by atoms with van der Waals surface area (Å²) < 4.78 is 15.5. The standard InChI is InChI=1S/C25H22N2O6/c1-31-18-10-8-16(9-11-18)22(28)15-33-25(30)21(27-24(29)23-7-4-12-32-23)13-17-14-26-20-6-3-2-5-19(17)20/h2-12,14,21,26H,13,15H2,1H3,(H,27,29)/t21-/m1/s1. The Morgan fingerprint density at radius 2 is 1.82 bits per heavy atom. The van der Waals surface area contributed by atoms with Crippen molar-refractivity contribution in [1.29, 1.82) is 0 Å². The minimum absolute atomic E-state index is 0.0704. The maximum Gasteiger partial charge on any atom is 0.329 e. The highest BCUT2D eigenvalue weighted by atomic mass is 16.5. The van der Waals surface area contributed by atoms with Crippen LogP contribution in [0, 0.1) is 0 Å². The Balaban J connectivity index is 1.48. The van der Waals surface area contributed by atoms with E-state index in [2.05, 4.69) is 10.3 Å². The minimum atomic E-state index is -1.02. The van der Waals surface area contributed by atoms with Gasteiger partial charge in [0.2, 0.25) is 0 Å². The van der Waals surface area contributed by atoms with Crippen LogP contribution in [0.1, 0.15) is 26.5 Å². The monoisotopic (exact) mass is 446 g/mol. The quantitative estimate of drug-likeness (QED) is 0.301. The van der Waals surface area contributed by atoms with Gasteiger partial charge >= 0.3 is 5.97 Å². The van der Waals surface area contributed by atoms with Crippen molar-refractivity contribution in [1.82, 2.24) is 10.3 Å². The van der Waals surface area contributed by atoms with E-state index in [4.69, 9.17) is 13.9 Å². The van der Waals surface area contributed by atoms with Crippen molar-refractivity contribution in [3.8, 4) is 5.75 Å². The average Bonchev–Trinajstić information content (AvgIpc) is 3.53. The zero-order chi connectivity index (χ0) is 23.2. The molecule has 2 aromatic heterocycles. The number of methoxy groups -OCH3 is 1. The lowest BCUT2D eigenvalue weighted by atomic mass is 10.0. The van der Waals surface area contributed by atoms with Crippen LogP contribution < -0.4 is 10.1 Å². The van der Waals surface area contributed by atoms with E-state index in [1.807, 2.05) is 24.3 Å².